The molecule has 0 radical (unpaired) electrons. The van der Waals surface area contributed by atoms with Gasteiger partial charge in [0.15, 0.2) is 4.90 Å². The number of carbonyl (C=O) groups excluding carboxylic acids is 1. The van der Waals surface area contributed by atoms with Crippen molar-refractivity contribution in [1.82, 2.24) is 9.71 Å². The van der Waals surface area contributed by atoms with Crippen molar-refractivity contribution in [2.75, 3.05) is 0 Å². The van der Waals surface area contributed by atoms with Crippen LogP contribution in [0.15, 0.2) is 34.3 Å². The zero-order chi connectivity index (χ0) is 22.7. The Balaban J connectivity index is 1.92. The number of hydrogen-bond acceptors (Lipinski definition) is 11. The van der Waals surface area contributed by atoms with Crippen LogP contribution < -0.4 is 4.84 Å². The third-order valence-corrected chi connectivity index (χ3v) is 7.69. The molecule has 0 unspecified atom stereocenters. The van der Waals surface area contributed by atoms with Crippen molar-refractivity contribution in [3.8, 4) is 11.8 Å². The molecule has 2 aromatic rings. The molecule has 0 spiro atoms. The van der Waals surface area contributed by atoms with Crippen LogP contribution in [0.25, 0.3) is 0 Å². The second-order valence-corrected chi connectivity index (χ2v) is 10.7. The summed E-state index contributed by atoms with van der Waals surface area (Å²) in [7, 11) is -2.19. The number of pyridine rings is 1. The number of hydrogen-bond donors (Lipinski definition) is 3. The van der Waals surface area contributed by atoms with Gasteiger partial charge in [-0.1, -0.05) is 10.8 Å². The number of aromatic hydroxyl groups is 2. The van der Waals surface area contributed by atoms with Crippen LogP contribution >= 0.6 is 21.6 Å². The summed E-state index contributed by atoms with van der Waals surface area (Å²) in [4.78, 5) is 29.8. The Morgan fingerprint density at radius 1 is 1.37 bits per heavy atom. The Morgan fingerprint density at radius 2 is 2.03 bits per heavy atom. The minimum Gasteiger partial charge on any atom is -0.492 e. The smallest absolute Gasteiger partial charge is 0.333 e. The first kappa shape index (κ1) is 23.8. The predicted octanol–water partition coefficient (Wildman–Crippen LogP) is 2.40. The van der Waals surface area contributed by atoms with Crippen molar-refractivity contribution in [3.05, 3.63) is 34.5 Å². The molecule has 30 heavy (non-hydrogen) atoms. The molecule has 164 valence electrons. The summed E-state index contributed by atoms with van der Waals surface area (Å²) in [6, 6.07) is 3.37. The van der Waals surface area contributed by atoms with E-state index in [0.717, 1.165) is 6.20 Å². The average Bonchev–Trinajstić information content (AvgIpc) is 2.94. The fraction of sp³-hybridized carbons (Fsp3) is 0.333. The third kappa shape index (κ3) is 6.25. The van der Waals surface area contributed by atoms with Crippen molar-refractivity contribution in [2.45, 2.75) is 41.4 Å². The summed E-state index contributed by atoms with van der Waals surface area (Å²) in [6.07, 6.45) is 1.29. The molecular weight excluding hydrogens is 462 g/mol. The number of rotatable bonds is 9. The Kier molecular flexibility index (Phi) is 7.23. The van der Waals surface area contributed by atoms with Crippen LogP contribution in [0.3, 0.4) is 0 Å². The van der Waals surface area contributed by atoms with Gasteiger partial charge in [-0.25, -0.2) is 9.78 Å². The van der Waals surface area contributed by atoms with Gasteiger partial charge < -0.3 is 15.1 Å². The normalized spacial score (nSPS) is 12.0. The van der Waals surface area contributed by atoms with Gasteiger partial charge in [0.1, 0.15) is 11.2 Å². The zero-order valence-electron chi connectivity index (χ0n) is 15.6. The highest BCUT2D eigenvalue weighted by molar-refractivity contribution is 8.77. The SMILES string of the molecule is CC(C)(CCC(=O)On1c(O)cc(S(=O)(=O)O)c1O)SSc1ccc([N+](=O)[O-])cn1. The maximum Gasteiger partial charge on any atom is 0.333 e. The molecule has 0 saturated carbocycles. The first-order chi connectivity index (χ1) is 13.8. The Hall–Kier alpha value is -2.49. The summed E-state index contributed by atoms with van der Waals surface area (Å²) < 4.78 is 30.9. The highest BCUT2D eigenvalue weighted by Crippen LogP contribution is 2.42. The highest BCUT2D eigenvalue weighted by Gasteiger charge is 2.27. The standard InChI is InChI=1S/C15H17N3O9S3/c1-15(2,29-28-11-4-3-9(8-16-11)18(22)23)6-5-13(20)27-17-12(19)7-10(14(17)21)30(24,25)26/h3-4,7-8,19,21H,5-6H2,1-2H3,(H,24,25,26). The van der Waals surface area contributed by atoms with Gasteiger partial charge in [0.25, 0.3) is 21.7 Å². The molecule has 12 nitrogen and oxygen atoms in total. The van der Waals surface area contributed by atoms with Crippen molar-refractivity contribution in [3.63, 3.8) is 0 Å². The lowest BCUT2D eigenvalue weighted by Crippen LogP contribution is -2.22. The molecule has 0 aromatic carbocycles. The summed E-state index contributed by atoms with van der Waals surface area (Å²) in [5.41, 5.74) is -0.125. The fourth-order valence-electron chi connectivity index (χ4n) is 2.01. The molecule has 0 bridgehead atoms. The Morgan fingerprint density at radius 3 is 2.53 bits per heavy atom. The molecule has 0 amide bonds. The monoisotopic (exact) mass is 479 g/mol. The molecule has 2 heterocycles. The lowest BCUT2D eigenvalue weighted by atomic mass is 10.1. The van der Waals surface area contributed by atoms with Crippen LogP contribution in [-0.4, -0.2) is 48.5 Å². The highest BCUT2D eigenvalue weighted by atomic mass is 33.1. The van der Waals surface area contributed by atoms with Gasteiger partial charge in [0, 0.05) is 23.3 Å². The van der Waals surface area contributed by atoms with Crippen LogP contribution in [0.1, 0.15) is 26.7 Å². The summed E-state index contributed by atoms with van der Waals surface area (Å²) in [5.74, 6) is -2.90. The molecule has 15 heteroatoms. The van der Waals surface area contributed by atoms with Gasteiger partial charge in [0.05, 0.1) is 4.92 Å². The predicted molar refractivity (Wildman–Crippen MR) is 107 cm³/mol. The molecule has 0 aliphatic carbocycles. The van der Waals surface area contributed by atoms with Crippen LogP contribution in [-0.2, 0) is 14.9 Å². The largest absolute Gasteiger partial charge is 0.492 e. The van der Waals surface area contributed by atoms with E-state index in [-0.39, 0.29) is 16.8 Å². The number of aromatic nitrogens is 2. The summed E-state index contributed by atoms with van der Waals surface area (Å²) >= 11 is 0. The van der Waals surface area contributed by atoms with E-state index in [1.807, 2.05) is 13.8 Å². The van der Waals surface area contributed by atoms with Gasteiger partial charge in [-0.05, 0) is 37.1 Å². The Bertz CT molecular complexity index is 1050. The Labute approximate surface area is 178 Å². The molecular formula is C15H17N3O9S3. The van der Waals surface area contributed by atoms with Crippen molar-refractivity contribution in [1.29, 1.82) is 0 Å². The molecule has 0 aliphatic heterocycles. The van der Waals surface area contributed by atoms with Crippen molar-refractivity contribution in [2.24, 2.45) is 0 Å². The van der Waals surface area contributed by atoms with Crippen molar-refractivity contribution < 1.29 is 37.7 Å². The molecule has 3 N–H and O–H groups in total. The van der Waals surface area contributed by atoms with E-state index in [9.17, 15) is 33.5 Å². The van der Waals surface area contributed by atoms with Gasteiger partial charge in [0.2, 0.25) is 5.88 Å². The van der Waals surface area contributed by atoms with Gasteiger partial charge >= 0.3 is 5.97 Å². The maximum absolute atomic E-state index is 12.0. The van der Waals surface area contributed by atoms with Crippen LogP contribution in [0.4, 0.5) is 5.69 Å². The molecule has 0 atom stereocenters. The summed E-state index contributed by atoms with van der Waals surface area (Å²) in [6.45, 7) is 3.68. The van der Waals surface area contributed by atoms with Crippen molar-refractivity contribution >= 4 is 43.4 Å². The molecule has 0 aliphatic rings. The maximum atomic E-state index is 12.0. The van der Waals surface area contributed by atoms with E-state index < -0.39 is 42.4 Å². The van der Waals surface area contributed by atoms with Crippen LogP contribution in [0, 0.1) is 10.1 Å². The number of carbonyl (C=O) groups is 1. The van der Waals surface area contributed by atoms with Gasteiger partial charge in [-0.15, -0.1) is 4.73 Å². The lowest BCUT2D eigenvalue weighted by Gasteiger charge is -2.22. The average molecular weight is 480 g/mol. The quantitative estimate of drug-likeness (QED) is 0.207. The van der Waals surface area contributed by atoms with E-state index >= 15 is 0 Å². The van der Waals surface area contributed by atoms with Crippen LogP contribution in [0.5, 0.6) is 11.8 Å². The van der Waals surface area contributed by atoms with Crippen LogP contribution in [0.2, 0.25) is 0 Å². The lowest BCUT2D eigenvalue weighted by molar-refractivity contribution is -0.385. The topological polar surface area (TPSA) is 182 Å². The molecule has 0 fully saturated rings. The minimum atomic E-state index is -4.82. The second-order valence-electron chi connectivity index (χ2n) is 6.46. The first-order valence-corrected chi connectivity index (χ1v) is 11.7. The van der Waals surface area contributed by atoms with E-state index in [0.29, 0.717) is 17.5 Å². The number of nitrogens with zero attached hydrogens (tertiary/aromatic N) is 3. The fourth-order valence-corrected chi connectivity index (χ4v) is 4.77. The second kappa shape index (κ2) is 9.11. The minimum absolute atomic E-state index is 0.125. The van der Waals surface area contributed by atoms with E-state index in [4.69, 9.17) is 9.39 Å². The van der Waals surface area contributed by atoms with Gasteiger partial charge in [-0.2, -0.15) is 8.42 Å². The molecule has 2 rings (SSSR count). The van der Waals surface area contributed by atoms with E-state index in [2.05, 4.69) is 4.98 Å². The zero-order valence-corrected chi connectivity index (χ0v) is 18.0. The molecule has 2 aromatic heterocycles. The number of nitro groups is 1. The van der Waals surface area contributed by atoms with E-state index in [1.54, 1.807) is 0 Å². The van der Waals surface area contributed by atoms with Gasteiger partial charge in [-0.3, -0.25) is 14.7 Å². The van der Waals surface area contributed by atoms with E-state index in [1.165, 1.54) is 33.7 Å². The molecule has 0 saturated heterocycles. The summed E-state index contributed by atoms with van der Waals surface area (Å²) in [5, 5.41) is 30.5. The first-order valence-electron chi connectivity index (χ1n) is 8.08. The third-order valence-electron chi connectivity index (χ3n) is 3.57.